The maximum absolute atomic E-state index is 13.5. The molecule has 2 atom stereocenters. The summed E-state index contributed by atoms with van der Waals surface area (Å²) in [7, 11) is 0. The average molecular weight is 415 g/mol. The lowest BCUT2D eigenvalue weighted by Gasteiger charge is -2.37. The summed E-state index contributed by atoms with van der Waals surface area (Å²) in [5.74, 6) is 0.747. The van der Waals surface area contributed by atoms with Crippen LogP contribution in [0.15, 0.2) is 42.9 Å². The highest BCUT2D eigenvalue weighted by Crippen LogP contribution is 2.47. The van der Waals surface area contributed by atoms with Gasteiger partial charge >= 0.3 is 0 Å². The fraction of sp³-hybridized carbons (Fsp3) is 0.409. The fourth-order valence-corrected chi connectivity index (χ4v) is 5.21. The predicted octanol–water partition coefficient (Wildman–Crippen LogP) is 2.05. The van der Waals surface area contributed by atoms with Gasteiger partial charge in [-0.3, -0.25) is 4.79 Å². The monoisotopic (exact) mass is 415 g/mol. The van der Waals surface area contributed by atoms with Crippen LogP contribution >= 0.6 is 0 Å². The summed E-state index contributed by atoms with van der Waals surface area (Å²) in [6.45, 7) is 1.24. The molecule has 31 heavy (non-hydrogen) atoms. The first kappa shape index (κ1) is 18.3. The number of fused-ring (bicyclic) bond motifs is 2. The van der Waals surface area contributed by atoms with Crippen LogP contribution in [-0.4, -0.2) is 55.3 Å². The van der Waals surface area contributed by atoms with Gasteiger partial charge in [0.2, 0.25) is 5.95 Å². The molecule has 0 unspecified atom stereocenters. The smallest absolute Gasteiger partial charge is 0.257 e. The number of ether oxygens (including phenoxy) is 1. The summed E-state index contributed by atoms with van der Waals surface area (Å²) in [4.78, 5) is 26.2. The first-order chi connectivity index (χ1) is 15.2. The third kappa shape index (κ3) is 2.65. The van der Waals surface area contributed by atoms with E-state index in [4.69, 9.17) is 4.74 Å². The minimum Gasteiger partial charge on any atom is -0.342 e. The Morgan fingerprint density at radius 1 is 1.13 bits per heavy atom. The zero-order valence-corrected chi connectivity index (χ0v) is 16.9. The molecule has 9 heteroatoms. The third-order valence-corrected chi connectivity index (χ3v) is 6.76. The molecule has 0 N–H and O–H groups in total. The molecular formula is C22H21N7O2. The van der Waals surface area contributed by atoms with Crippen LogP contribution < -0.4 is 4.90 Å². The van der Waals surface area contributed by atoms with E-state index < -0.39 is 5.60 Å². The Bertz CT molecular complexity index is 1190. The first-order valence-corrected chi connectivity index (χ1v) is 10.6. The van der Waals surface area contributed by atoms with Crippen molar-refractivity contribution in [2.24, 2.45) is 0 Å². The first-order valence-electron chi connectivity index (χ1n) is 10.6. The van der Waals surface area contributed by atoms with E-state index in [0.29, 0.717) is 43.1 Å². The number of amides is 1. The Kier molecular flexibility index (Phi) is 3.98. The van der Waals surface area contributed by atoms with Crippen LogP contribution in [0.5, 0.6) is 0 Å². The van der Waals surface area contributed by atoms with Gasteiger partial charge in [-0.25, -0.2) is 9.97 Å². The van der Waals surface area contributed by atoms with Crippen LogP contribution in [0, 0.1) is 11.3 Å². The zero-order chi connectivity index (χ0) is 21.0. The van der Waals surface area contributed by atoms with E-state index in [2.05, 4.69) is 38.2 Å². The van der Waals surface area contributed by atoms with E-state index in [0.717, 1.165) is 12.8 Å². The lowest BCUT2D eigenvalue weighted by atomic mass is 9.89. The number of carbonyl (C=O) groups excluding carboxylic acids is 1. The van der Waals surface area contributed by atoms with Crippen LogP contribution in [0.1, 0.15) is 42.9 Å². The second-order valence-corrected chi connectivity index (χ2v) is 8.35. The maximum Gasteiger partial charge on any atom is 0.257 e. The van der Waals surface area contributed by atoms with Crippen molar-refractivity contribution in [3.05, 3.63) is 54.0 Å². The van der Waals surface area contributed by atoms with Gasteiger partial charge in [0.15, 0.2) is 11.2 Å². The molecule has 5 heterocycles. The second kappa shape index (κ2) is 6.75. The van der Waals surface area contributed by atoms with Gasteiger partial charge < -0.3 is 14.5 Å². The minimum atomic E-state index is -0.761. The summed E-state index contributed by atoms with van der Waals surface area (Å²) in [6.07, 6.45) is 5.81. The number of benzene rings is 1. The molecule has 3 aliphatic heterocycles. The molecule has 3 aromatic rings. The molecule has 1 amide bonds. The SMILES string of the molecule is N#Cc1cnn2c(N3CCC4(CC3)O[C@@H]3CC[C@@H](c5ccccc5)N3C4=O)ncnc12. The number of hydrogen-bond acceptors (Lipinski definition) is 7. The van der Waals surface area contributed by atoms with Crippen molar-refractivity contribution >= 4 is 17.5 Å². The number of nitriles is 1. The van der Waals surface area contributed by atoms with Gasteiger partial charge in [-0.1, -0.05) is 30.3 Å². The Labute approximate surface area is 178 Å². The summed E-state index contributed by atoms with van der Waals surface area (Å²) in [6, 6.07) is 12.4. The summed E-state index contributed by atoms with van der Waals surface area (Å²) < 4.78 is 8.02. The van der Waals surface area contributed by atoms with Crippen molar-refractivity contribution in [3.63, 3.8) is 0 Å². The molecule has 6 rings (SSSR count). The lowest BCUT2D eigenvalue weighted by Crippen LogP contribution is -2.51. The quantitative estimate of drug-likeness (QED) is 0.632. The van der Waals surface area contributed by atoms with Gasteiger partial charge in [0.25, 0.3) is 5.91 Å². The van der Waals surface area contributed by atoms with Crippen LogP contribution in [-0.2, 0) is 9.53 Å². The molecule has 156 valence electrons. The van der Waals surface area contributed by atoms with Crippen LogP contribution in [0.2, 0.25) is 0 Å². The van der Waals surface area contributed by atoms with Crippen LogP contribution in [0.3, 0.4) is 0 Å². The van der Waals surface area contributed by atoms with Crippen molar-refractivity contribution in [2.75, 3.05) is 18.0 Å². The molecule has 0 radical (unpaired) electrons. The number of anilines is 1. The normalized spacial score (nSPS) is 24.7. The predicted molar refractivity (Wildman–Crippen MR) is 110 cm³/mol. The highest BCUT2D eigenvalue weighted by Gasteiger charge is 2.58. The van der Waals surface area contributed by atoms with E-state index in [1.54, 1.807) is 4.52 Å². The van der Waals surface area contributed by atoms with Crippen LogP contribution in [0.4, 0.5) is 5.95 Å². The largest absolute Gasteiger partial charge is 0.342 e. The van der Waals surface area contributed by atoms with E-state index in [-0.39, 0.29) is 18.2 Å². The number of hydrogen-bond donors (Lipinski definition) is 0. The molecule has 9 nitrogen and oxygen atoms in total. The van der Waals surface area contributed by atoms with Gasteiger partial charge in [0, 0.05) is 25.9 Å². The number of nitrogens with zero attached hydrogens (tertiary/aromatic N) is 7. The Hall–Kier alpha value is -3.51. The maximum atomic E-state index is 13.5. The number of piperidine rings is 1. The minimum absolute atomic E-state index is 0.0890. The molecule has 1 spiro atoms. The molecule has 0 aliphatic carbocycles. The van der Waals surface area contributed by atoms with Crippen molar-refractivity contribution in [1.82, 2.24) is 24.5 Å². The van der Waals surface area contributed by atoms with E-state index >= 15 is 0 Å². The fourth-order valence-electron chi connectivity index (χ4n) is 5.21. The highest BCUT2D eigenvalue weighted by molar-refractivity contribution is 5.88. The van der Waals surface area contributed by atoms with Crippen molar-refractivity contribution in [1.29, 1.82) is 5.26 Å². The average Bonchev–Trinajstić information content (AvgIpc) is 3.49. The summed E-state index contributed by atoms with van der Waals surface area (Å²) >= 11 is 0. The molecule has 1 aromatic carbocycles. The topological polar surface area (TPSA) is 99.7 Å². The second-order valence-electron chi connectivity index (χ2n) is 8.35. The summed E-state index contributed by atoms with van der Waals surface area (Å²) in [5.41, 5.74) is 1.32. The number of carbonyl (C=O) groups is 1. The van der Waals surface area contributed by atoms with E-state index in [9.17, 15) is 10.1 Å². The van der Waals surface area contributed by atoms with Gasteiger partial charge in [-0.2, -0.15) is 14.9 Å². The van der Waals surface area contributed by atoms with E-state index in [1.165, 1.54) is 18.1 Å². The van der Waals surface area contributed by atoms with Gasteiger partial charge in [-0.15, -0.1) is 0 Å². The third-order valence-electron chi connectivity index (χ3n) is 6.76. The molecular weight excluding hydrogens is 394 g/mol. The standard InChI is InChI=1S/C22H21N7O2/c23-12-16-13-26-29-19(16)24-14-25-21(29)27-10-8-22(9-11-27)20(30)28-17(6-7-18(28)31-22)15-4-2-1-3-5-15/h1-5,13-14,17-18H,6-11H2/t17-,18+/m0/s1. The molecule has 3 aliphatic rings. The Balaban J connectivity index is 1.23. The molecule has 3 saturated heterocycles. The van der Waals surface area contributed by atoms with Crippen LogP contribution in [0.25, 0.3) is 5.65 Å². The van der Waals surface area contributed by atoms with Gasteiger partial charge in [0.1, 0.15) is 24.2 Å². The number of rotatable bonds is 2. The van der Waals surface area contributed by atoms with Gasteiger partial charge in [-0.05, 0) is 18.4 Å². The molecule has 2 aromatic heterocycles. The Morgan fingerprint density at radius 2 is 1.94 bits per heavy atom. The van der Waals surface area contributed by atoms with E-state index in [1.807, 2.05) is 23.1 Å². The van der Waals surface area contributed by atoms with Crippen molar-refractivity contribution in [2.45, 2.75) is 43.6 Å². The molecule has 0 bridgehead atoms. The highest BCUT2D eigenvalue weighted by atomic mass is 16.6. The molecule has 3 fully saturated rings. The molecule has 0 saturated carbocycles. The van der Waals surface area contributed by atoms with Crippen molar-refractivity contribution in [3.8, 4) is 6.07 Å². The number of aromatic nitrogens is 4. The van der Waals surface area contributed by atoms with Gasteiger partial charge in [0.05, 0.1) is 12.2 Å². The lowest BCUT2D eigenvalue weighted by molar-refractivity contribution is -0.140. The van der Waals surface area contributed by atoms with Crippen molar-refractivity contribution < 1.29 is 9.53 Å². The summed E-state index contributed by atoms with van der Waals surface area (Å²) in [5, 5.41) is 13.5. The Morgan fingerprint density at radius 3 is 2.71 bits per heavy atom. The zero-order valence-electron chi connectivity index (χ0n) is 16.9.